The van der Waals surface area contributed by atoms with Crippen LogP contribution in [0, 0.1) is 16.6 Å². The second-order valence-electron chi connectivity index (χ2n) is 4.76. The Bertz CT molecular complexity index is 520. The summed E-state index contributed by atoms with van der Waals surface area (Å²) in [5, 5.41) is 19.7. The molecular weight excluding hydrogens is 272 g/mol. The van der Waals surface area contributed by atoms with Gasteiger partial charge in [-0.05, 0) is 43.0 Å². The van der Waals surface area contributed by atoms with Gasteiger partial charge >= 0.3 is 5.97 Å². The van der Waals surface area contributed by atoms with Crippen molar-refractivity contribution in [1.29, 1.82) is 5.26 Å². The Labute approximate surface area is 123 Å². The lowest BCUT2D eigenvalue weighted by molar-refractivity contribution is -0.140. The van der Waals surface area contributed by atoms with E-state index in [1.165, 1.54) is 0 Å². The van der Waals surface area contributed by atoms with E-state index in [-0.39, 0.29) is 0 Å². The van der Waals surface area contributed by atoms with Gasteiger partial charge in [-0.1, -0.05) is 19.1 Å². The maximum Gasteiger partial charge on any atom is 0.308 e. The molecule has 1 rings (SSSR count). The minimum Gasteiger partial charge on any atom is -0.481 e. The van der Waals surface area contributed by atoms with E-state index >= 15 is 0 Å². The summed E-state index contributed by atoms with van der Waals surface area (Å²) in [4.78, 5) is 13.9. The van der Waals surface area contributed by atoms with E-state index in [4.69, 9.17) is 10.4 Å². The van der Waals surface area contributed by atoms with E-state index in [2.05, 4.69) is 6.58 Å². The second-order valence-corrected chi connectivity index (χ2v) is 5.62. The van der Waals surface area contributed by atoms with Crippen molar-refractivity contribution in [3.63, 3.8) is 0 Å². The average Bonchev–Trinajstić information content (AvgIpc) is 2.38. The van der Waals surface area contributed by atoms with Gasteiger partial charge in [0.2, 0.25) is 0 Å². The topological polar surface area (TPSA) is 64.3 Å². The predicted molar refractivity (Wildman–Crippen MR) is 81.7 cm³/mol. The molecule has 0 saturated carbocycles. The average molecular weight is 290 g/mol. The molecule has 1 aromatic carbocycles. The molecule has 0 radical (unpaired) electrons. The molecule has 0 spiro atoms. The molecule has 1 unspecified atom stereocenters. The molecule has 106 valence electrons. The van der Waals surface area contributed by atoms with Crippen molar-refractivity contribution >= 4 is 23.4 Å². The highest BCUT2D eigenvalue weighted by Crippen LogP contribution is 2.23. The molecule has 0 aliphatic rings. The third kappa shape index (κ3) is 4.98. The molecule has 0 aliphatic carbocycles. The molecular formula is C15H18N2O2S. The Kier molecular flexibility index (Phi) is 6.13. The van der Waals surface area contributed by atoms with Gasteiger partial charge in [-0.2, -0.15) is 5.26 Å². The van der Waals surface area contributed by atoms with Crippen molar-refractivity contribution in [2.45, 2.75) is 18.7 Å². The van der Waals surface area contributed by atoms with E-state index < -0.39 is 11.9 Å². The van der Waals surface area contributed by atoms with E-state index in [0.29, 0.717) is 13.1 Å². The predicted octanol–water partition coefficient (Wildman–Crippen LogP) is 3.36. The number of rotatable bonds is 7. The third-order valence-corrected chi connectivity index (χ3v) is 3.34. The normalized spacial score (nSPS) is 11.4. The number of nitriles is 1. The number of anilines is 1. The summed E-state index contributed by atoms with van der Waals surface area (Å²) in [5.74, 6) is -1.27. The van der Waals surface area contributed by atoms with Crippen molar-refractivity contribution < 1.29 is 9.90 Å². The van der Waals surface area contributed by atoms with Crippen molar-refractivity contribution in [3.8, 4) is 5.40 Å². The van der Waals surface area contributed by atoms with Crippen LogP contribution in [0.4, 0.5) is 5.69 Å². The minimum absolute atomic E-state index is 0.424. The van der Waals surface area contributed by atoms with Crippen LogP contribution in [-0.4, -0.2) is 24.2 Å². The lowest BCUT2D eigenvalue weighted by Crippen LogP contribution is -2.33. The van der Waals surface area contributed by atoms with Crippen LogP contribution in [0.5, 0.6) is 0 Å². The maximum absolute atomic E-state index is 11.0. The summed E-state index contributed by atoms with van der Waals surface area (Å²) in [5.41, 5.74) is 1.90. The maximum atomic E-state index is 11.0. The number of thioether (sulfide) groups is 1. The smallest absolute Gasteiger partial charge is 0.308 e. The first-order valence-corrected chi connectivity index (χ1v) is 7.03. The van der Waals surface area contributed by atoms with Gasteiger partial charge in [0.1, 0.15) is 5.40 Å². The number of carboxylic acids is 1. The molecule has 1 aromatic rings. The fourth-order valence-electron chi connectivity index (χ4n) is 1.77. The summed E-state index contributed by atoms with van der Waals surface area (Å²) in [7, 11) is 0. The molecule has 0 bridgehead atoms. The van der Waals surface area contributed by atoms with Gasteiger partial charge in [-0.25, -0.2) is 0 Å². The van der Waals surface area contributed by atoms with E-state index in [1.807, 2.05) is 41.5 Å². The molecule has 4 nitrogen and oxygen atoms in total. The zero-order chi connectivity index (χ0) is 15.1. The number of aliphatic carboxylic acids is 1. The van der Waals surface area contributed by atoms with Crippen LogP contribution in [0.25, 0.3) is 0 Å². The number of nitrogens with zero attached hydrogens (tertiary/aromatic N) is 2. The zero-order valence-corrected chi connectivity index (χ0v) is 12.5. The van der Waals surface area contributed by atoms with Gasteiger partial charge in [-0.15, -0.1) is 0 Å². The highest BCUT2D eigenvalue weighted by atomic mass is 32.2. The van der Waals surface area contributed by atoms with E-state index in [9.17, 15) is 4.79 Å². The van der Waals surface area contributed by atoms with E-state index in [0.717, 1.165) is 27.9 Å². The summed E-state index contributed by atoms with van der Waals surface area (Å²) >= 11 is 1.10. The van der Waals surface area contributed by atoms with Crippen molar-refractivity contribution in [3.05, 3.63) is 36.4 Å². The highest BCUT2D eigenvalue weighted by molar-refractivity contribution is 8.03. The molecule has 5 heteroatoms. The summed E-state index contributed by atoms with van der Waals surface area (Å²) < 4.78 is 0. The Morgan fingerprint density at radius 3 is 2.55 bits per heavy atom. The summed E-state index contributed by atoms with van der Waals surface area (Å²) in [6.07, 6.45) is 0. The third-order valence-electron chi connectivity index (χ3n) is 2.74. The van der Waals surface area contributed by atoms with Crippen LogP contribution < -0.4 is 4.90 Å². The van der Waals surface area contributed by atoms with Gasteiger partial charge in [0.15, 0.2) is 0 Å². The van der Waals surface area contributed by atoms with Crippen LogP contribution in [0.15, 0.2) is 41.3 Å². The van der Waals surface area contributed by atoms with Gasteiger partial charge in [0.25, 0.3) is 0 Å². The van der Waals surface area contributed by atoms with Crippen LogP contribution in [0.1, 0.15) is 13.8 Å². The number of benzene rings is 1. The molecule has 0 fully saturated rings. The minimum atomic E-state index is -0.812. The molecule has 0 aromatic heterocycles. The van der Waals surface area contributed by atoms with Crippen LogP contribution in [-0.2, 0) is 4.79 Å². The Hall–Kier alpha value is -1.93. The number of carbonyl (C=O) groups is 1. The quantitative estimate of drug-likeness (QED) is 0.474. The fourth-order valence-corrected chi connectivity index (χ4v) is 2.15. The molecule has 20 heavy (non-hydrogen) atoms. The van der Waals surface area contributed by atoms with Gasteiger partial charge < -0.3 is 10.0 Å². The largest absolute Gasteiger partial charge is 0.481 e. The first-order valence-electron chi connectivity index (χ1n) is 6.22. The first kappa shape index (κ1) is 16.1. The lowest BCUT2D eigenvalue weighted by atomic mass is 10.1. The SMILES string of the molecule is C=C(C)CN(CC(C)C(=O)O)c1ccc(SC#N)cc1. The van der Waals surface area contributed by atoms with Crippen molar-refractivity contribution in [2.24, 2.45) is 5.92 Å². The highest BCUT2D eigenvalue weighted by Gasteiger charge is 2.16. The summed E-state index contributed by atoms with van der Waals surface area (Å²) in [6, 6.07) is 7.52. The van der Waals surface area contributed by atoms with Crippen LogP contribution in [0.2, 0.25) is 0 Å². The second kappa shape index (κ2) is 7.61. The molecule has 0 heterocycles. The summed E-state index contributed by atoms with van der Waals surface area (Å²) in [6.45, 7) is 8.52. The van der Waals surface area contributed by atoms with E-state index in [1.54, 1.807) is 6.92 Å². The Balaban J connectivity index is 2.89. The van der Waals surface area contributed by atoms with Crippen molar-refractivity contribution in [2.75, 3.05) is 18.0 Å². The number of hydrogen-bond acceptors (Lipinski definition) is 4. The van der Waals surface area contributed by atoms with Gasteiger partial charge in [-0.3, -0.25) is 4.79 Å². The zero-order valence-electron chi connectivity index (χ0n) is 11.7. The Morgan fingerprint density at radius 2 is 2.10 bits per heavy atom. The first-order chi connectivity index (χ1) is 9.43. The molecule has 0 amide bonds. The van der Waals surface area contributed by atoms with Gasteiger partial charge in [0, 0.05) is 23.7 Å². The van der Waals surface area contributed by atoms with Crippen molar-refractivity contribution in [1.82, 2.24) is 0 Å². The fraction of sp³-hybridized carbons (Fsp3) is 0.333. The molecule has 0 aliphatic heterocycles. The lowest BCUT2D eigenvalue weighted by Gasteiger charge is -2.27. The molecule has 1 atom stereocenters. The molecule has 0 saturated heterocycles. The number of thiocyanates is 1. The van der Waals surface area contributed by atoms with Crippen LogP contribution in [0.3, 0.4) is 0 Å². The number of carboxylic acid groups (broad SMARTS) is 1. The number of hydrogen-bond donors (Lipinski definition) is 1. The monoisotopic (exact) mass is 290 g/mol. The standard InChI is InChI=1S/C15H18N2O2S/c1-11(2)8-17(9-12(3)15(18)19)13-4-6-14(7-5-13)20-10-16/h4-7,12H,1,8-9H2,2-3H3,(H,18,19). The Morgan fingerprint density at radius 1 is 1.50 bits per heavy atom. The van der Waals surface area contributed by atoms with Crippen LogP contribution >= 0.6 is 11.8 Å². The molecule has 1 N–H and O–H groups in total. The van der Waals surface area contributed by atoms with Gasteiger partial charge in [0.05, 0.1) is 5.92 Å².